The Hall–Kier alpha value is -3.71. The van der Waals surface area contributed by atoms with Gasteiger partial charge in [0.1, 0.15) is 28.9 Å². The van der Waals surface area contributed by atoms with Crippen molar-refractivity contribution in [1.82, 2.24) is 0 Å². The van der Waals surface area contributed by atoms with Crippen LogP contribution in [0.3, 0.4) is 0 Å². The second-order valence-corrected chi connectivity index (χ2v) is 12.5. The normalized spacial score (nSPS) is 11.4. The minimum atomic E-state index is -2.28. The third-order valence-corrected chi connectivity index (χ3v) is 11.3. The molecule has 0 aliphatic rings. The van der Waals surface area contributed by atoms with E-state index in [1.165, 1.54) is 21.2 Å². The average Bonchev–Trinajstić information content (AvgIpc) is 3.63. The Morgan fingerprint density at radius 1 is 0.514 bits per heavy atom. The predicted octanol–water partition coefficient (Wildman–Crippen LogP) is 7.29. The highest BCUT2D eigenvalue weighted by Crippen LogP contribution is 2.57. The summed E-state index contributed by atoms with van der Waals surface area (Å²) in [7, 11) is -2.28. The lowest BCUT2D eigenvalue weighted by Crippen LogP contribution is -2.38. The van der Waals surface area contributed by atoms with Crippen molar-refractivity contribution in [3.63, 3.8) is 0 Å². The molecule has 3 heteroatoms. The molecule has 2 aromatic heterocycles. The van der Waals surface area contributed by atoms with Gasteiger partial charge in [-0.15, -0.1) is 0 Å². The Bertz CT molecular complexity index is 1410. The van der Waals surface area contributed by atoms with E-state index >= 15 is 0 Å². The van der Waals surface area contributed by atoms with Gasteiger partial charge in [0.25, 0.3) is 0 Å². The molecule has 168 valence electrons. The van der Waals surface area contributed by atoms with Crippen LogP contribution in [-0.4, -0.2) is 0 Å². The molecule has 0 N–H and O–H groups in total. The lowest BCUT2D eigenvalue weighted by Gasteiger charge is -2.27. The molecule has 0 spiro atoms. The van der Waals surface area contributed by atoms with Crippen molar-refractivity contribution in [2.45, 2.75) is 0 Å². The van der Waals surface area contributed by atoms with Crippen molar-refractivity contribution in [2.24, 2.45) is 0 Å². The maximum Gasteiger partial charge on any atom is 0.178 e. The number of benzene rings is 4. The number of rotatable bonds is 6. The highest BCUT2D eigenvalue weighted by Gasteiger charge is 2.51. The Kier molecular flexibility index (Phi) is 5.92. The third-order valence-electron chi connectivity index (χ3n) is 6.35. The van der Waals surface area contributed by atoms with E-state index in [1.807, 2.05) is 0 Å². The summed E-state index contributed by atoms with van der Waals surface area (Å²) in [6.07, 6.45) is 0. The SMILES string of the molecule is c1ccc(-c2oc(-c3ccsc3)cc2[P+](c2ccccc2)(c2ccccc2)c2ccccc2)cc1. The van der Waals surface area contributed by atoms with E-state index in [2.05, 4.69) is 144 Å². The molecule has 6 aromatic rings. The molecule has 0 atom stereocenters. The summed E-state index contributed by atoms with van der Waals surface area (Å²) < 4.78 is 6.75. The predicted molar refractivity (Wildman–Crippen MR) is 152 cm³/mol. The van der Waals surface area contributed by atoms with Gasteiger partial charge >= 0.3 is 0 Å². The summed E-state index contributed by atoms with van der Waals surface area (Å²) in [6, 6.07) is 47.8. The van der Waals surface area contributed by atoms with E-state index in [-0.39, 0.29) is 0 Å². The van der Waals surface area contributed by atoms with Crippen LogP contribution in [0.4, 0.5) is 0 Å². The standard InChI is InChI=1S/C32H24OPS/c1-5-13-25(14-6-1)32-31(23-30(33-32)26-21-22-35-24-26)34(27-15-7-2-8-16-27,28-17-9-3-10-18-28)29-19-11-4-12-20-29/h1-24H/q+1. The van der Waals surface area contributed by atoms with Gasteiger partial charge in [-0.1, -0.05) is 84.9 Å². The third kappa shape index (κ3) is 3.86. The van der Waals surface area contributed by atoms with Gasteiger partial charge in [-0.25, -0.2) is 0 Å². The molecule has 0 fully saturated rings. The number of thiophene rings is 1. The Balaban J connectivity index is 1.77. The highest BCUT2D eigenvalue weighted by atomic mass is 32.1. The van der Waals surface area contributed by atoms with Crippen molar-refractivity contribution < 1.29 is 4.42 Å². The molecule has 35 heavy (non-hydrogen) atoms. The molecule has 0 amide bonds. The van der Waals surface area contributed by atoms with Gasteiger partial charge in [0.15, 0.2) is 11.1 Å². The van der Waals surface area contributed by atoms with Gasteiger partial charge < -0.3 is 4.42 Å². The summed E-state index contributed by atoms with van der Waals surface area (Å²) in [6.45, 7) is 0. The molecule has 1 nitrogen and oxygen atoms in total. The highest BCUT2D eigenvalue weighted by molar-refractivity contribution is 8.01. The molecule has 0 unspecified atom stereocenters. The smallest absolute Gasteiger partial charge is 0.178 e. The molecular weight excluding hydrogens is 463 g/mol. The van der Waals surface area contributed by atoms with E-state index in [0.29, 0.717) is 0 Å². The first-order chi connectivity index (χ1) is 17.4. The lowest BCUT2D eigenvalue weighted by atomic mass is 10.2. The fraction of sp³-hybridized carbons (Fsp3) is 0. The first kappa shape index (κ1) is 21.8. The lowest BCUT2D eigenvalue weighted by molar-refractivity contribution is 0.599. The van der Waals surface area contributed by atoms with Crippen molar-refractivity contribution in [1.29, 1.82) is 0 Å². The summed E-state index contributed by atoms with van der Waals surface area (Å²) in [5, 5.41) is 9.44. The Labute approximate surface area is 210 Å². The first-order valence-corrected chi connectivity index (χ1v) is 14.4. The zero-order chi connectivity index (χ0) is 23.5. The largest absolute Gasteiger partial charge is 0.452 e. The van der Waals surface area contributed by atoms with E-state index in [9.17, 15) is 0 Å². The molecule has 0 aliphatic heterocycles. The Morgan fingerprint density at radius 2 is 1.00 bits per heavy atom. The van der Waals surface area contributed by atoms with E-state index in [4.69, 9.17) is 4.42 Å². The topological polar surface area (TPSA) is 13.1 Å². The van der Waals surface area contributed by atoms with Crippen LogP contribution < -0.4 is 21.2 Å². The number of hydrogen-bond acceptors (Lipinski definition) is 2. The van der Waals surface area contributed by atoms with Gasteiger partial charge in [0, 0.05) is 22.6 Å². The summed E-state index contributed by atoms with van der Waals surface area (Å²) in [5.41, 5.74) is 2.21. The van der Waals surface area contributed by atoms with Crippen LogP contribution in [0.2, 0.25) is 0 Å². The summed E-state index contributed by atoms with van der Waals surface area (Å²) >= 11 is 1.69. The molecule has 0 aliphatic carbocycles. The molecule has 0 saturated carbocycles. The van der Waals surface area contributed by atoms with Crippen LogP contribution >= 0.6 is 18.6 Å². The van der Waals surface area contributed by atoms with Crippen LogP contribution in [-0.2, 0) is 0 Å². The number of hydrogen-bond donors (Lipinski definition) is 0. The van der Waals surface area contributed by atoms with Crippen molar-refractivity contribution in [3.05, 3.63) is 144 Å². The molecule has 4 aromatic carbocycles. The van der Waals surface area contributed by atoms with Crippen molar-refractivity contribution >= 4 is 39.8 Å². The number of furan rings is 1. The summed E-state index contributed by atoms with van der Waals surface area (Å²) in [5.74, 6) is 1.85. The first-order valence-electron chi connectivity index (χ1n) is 11.7. The molecule has 0 radical (unpaired) electrons. The second kappa shape index (κ2) is 9.50. The maximum absolute atomic E-state index is 6.75. The monoisotopic (exact) mass is 487 g/mol. The fourth-order valence-electron chi connectivity index (χ4n) is 4.79. The van der Waals surface area contributed by atoms with Gasteiger partial charge in [-0.05, 0) is 47.8 Å². The minimum Gasteiger partial charge on any atom is -0.452 e. The summed E-state index contributed by atoms with van der Waals surface area (Å²) in [4.78, 5) is 0. The zero-order valence-corrected chi connectivity index (χ0v) is 20.8. The van der Waals surface area contributed by atoms with E-state index in [0.717, 1.165) is 22.6 Å². The molecule has 0 bridgehead atoms. The van der Waals surface area contributed by atoms with Crippen LogP contribution in [0, 0.1) is 0 Å². The van der Waals surface area contributed by atoms with Crippen LogP contribution in [0.1, 0.15) is 0 Å². The molecule has 6 rings (SSSR count). The van der Waals surface area contributed by atoms with E-state index in [1.54, 1.807) is 11.3 Å². The van der Waals surface area contributed by atoms with Gasteiger partial charge in [0.05, 0.1) is 0 Å². The van der Waals surface area contributed by atoms with Crippen molar-refractivity contribution in [3.8, 4) is 22.6 Å². The van der Waals surface area contributed by atoms with Crippen molar-refractivity contribution in [2.75, 3.05) is 0 Å². The fourth-order valence-corrected chi connectivity index (χ4v) is 9.82. The molecule has 2 heterocycles. The zero-order valence-electron chi connectivity index (χ0n) is 19.1. The minimum absolute atomic E-state index is 0.910. The Morgan fingerprint density at radius 3 is 1.46 bits per heavy atom. The molecular formula is C32H24OPS+. The molecule has 0 saturated heterocycles. The average molecular weight is 488 g/mol. The van der Waals surface area contributed by atoms with Crippen LogP contribution in [0.15, 0.2) is 149 Å². The quantitative estimate of drug-likeness (QED) is 0.225. The van der Waals surface area contributed by atoms with Gasteiger partial charge in [-0.3, -0.25) is 0 Å². The van der Waals surface area contributed by atoms with Crippen LogP contribution in [0.5, 0.6) is 0 Å². The van der Waals surface area contributed by atoms with E-state index < -0.39 is 7.26 Å². The van der Waals surface area contributed by atoms with Crippen LogP contribution in [0.25, 0.3) is 22.6 Å². The van der Waals surface area contributed by atoms with Gasteiger partial charge in [0.2, 0.25) is 0 Å². The maximum atomic E-state index is 6.75. The second-order valence-electron chi connectivity index (χ2n) is 8.38. The van der Waals surface area contributed by atoms with Gasteiger partial charge in [-0.2, -0.15) is 11.3 Å².